The minimum atomic E-state index is -0.710. The lowest BCUT2D eigenvalue weighted by atomic mass is 10.4. The van der Waals surface area contributed by atoms with Crippen LogP contribution in [0.1, 0.15) is 0 Å². The zero-order valence-electron chi connectivity index (χ0n) is 14.4. The molecule has 0 aliphatic carbocycles. The fourth-order valence-electron chi connectivity index (χ4n) is 2.00. The Hall–Kier alpha value is -2.52. The normalized spacial score (nSPS) is 9.71. The first-order valence-corrected chi connectivity index (χ1v) is 11.7. The Morgan fingerprint density at radius 1 is 0.679 bits per heavy atom. The predicted octanol–water partition coefficient (Wildman–Crippen LogP) is 5.64. The molecule has 4 aromatic heterocycles. The number of thiophene rings is 4. The molecule has 0 fully saturated rings. The summed E-state index contributed by atoms with van der Waals surface area (Å²) in [5, 5.41) is 12.4. The molecule has 2 aliphatic heterocycles. The maximum atomic E-state index is 10.8. The number of nitrogens with zero attached hydrogens (tertiary/aromatic N) is 2. The van der Waals surface area contributed by atoms with E-state index in [9.17, 15) is 9.59 Å². The Kier molecular flexibility index (Phi) is 7.74. The topological polar surface area (TPSA) is 59.9 Å². The Balaban J connectivity index is 0.000000112. The van der Waals surface area contributed by atoms with Gasteiger partial charge in [-0.1, -0.05) is 24.3 Å². The summed E-state index contributed by atoms with van der Waals surface area (Å²) >= 11 is 7.03. The van der Waals surface area contributed by atoms with E-state index < -0.39 is 11.0 Å². The van der Waals surface area contributed by atoms with E-state index in [4.69, 9.17) is 0 Å². The van der Waals surface area contributed by atoms with Crippen LogP contribution >= 0.6 is 45.3 Å². The maximum absolute atomic E-state index is 10.8. The van der Waals surface area contributed by atoms with Gasteiger partial charge in [-0.05, 0) is 50.5 Å². The van der Waals surface area contributed by atoms with Gasteiger partial charge in [0.25, 0.3) is 5.43 Å². The lowest BCUT2D eigenvalue weighted by Gasteiger charge is -1.72. The lowest BCUT2D eigenvalue weighted by Crippen LogP contribution is -2.19. The molecule has 140 valence electrons. The van der Waals surface area contributed by atoms with E-state index in [2.05, 4.69) is 32.9 Å². The van der Waals surface area contributed by atoms with Gasteiger partial charge in [0, 0.05) is 15.6 Å². The number of hydrogen-bond donors (Lipinski definition) is 0. The second-order valence-corrected chi connectivity index (χ2v) is 8.61. The molecule has 0 N–H and O–H groups in total. The molecule has 0 amide bonds. The van der Waals surface area contributed by atoms with Crippen LogP contribution in [0, 0.1) is 0 Å². The van der Waals surface area contributed by atoms with Crippen molar-refractivity contribution in [3.63, 3.8) is 0 Å². The fourth-order valence-corrected chi connectivity index (χ4v) is 4.74. The third-order valence-electron chi connectivity index (χ3n) is 3.23. The average Bonchev–Trinajstić information content (AvgIpc) is 3.50. The van der Waals surface area contributed by atoms with Gasteiger partial charge in [-0.15, -0.1) is 22.7 Å². The van der Waals surface area contributed by atoms with Crippen molar-refractivity contribution in [2.45, 2.75) is 0 Å². The van der Waals surface area contributed by atoms with E-state index in [1.54, 1.807) is 45.3 Å². The molecule has 0 saturated heterocycles. The van der Waals surface area contributed by atoms with Crippen molar-refractivity contribution in [2.24, 2.45) is 0 Å². The molecule has 4 aromatic rings. The number of hydrogen-bond acceptors (Lipinski definition) is 8. The highest BCUT2D eigenvalue weighted by molar-refractivity contribution is 7.25. The van der Waals surface area contributed by atoms with Gasteiger partial charge in [0.1, 0.15) is 5.69 Å². The van der Waals surface area contributed by atoms with Gasteiger partial charge in [0.2, 0.25) is 0 Å². The quantitative estimate of drug-likeness (QED) is 0.286. The fraction of sp³-hybridized carbons (Fsp3) is 0. The summed E-state index contributed by atoms with van der Waals surface area (Å²) in [6.07, 6.45) is 1.46. The molecule has 8 heteroatoms. The van der Waals surface area contributed by atoms with Crippen LogP contribution in [0.15, 0.2) is 90.5 Å². The SMILES string of the molecule is O=c1nc2ccnc-2c1=O.c1cc2sccc2s1.c1ccsc1.c1ccsc1. The van der Waals surface area contributed by atoms with Gasteiger partial charge in [-0.2, -0.15) is 22.7 Å². The van der Waals surface area contributed by atoms with Gasteiger partial charge < -0.3 is 0 Å². The van der Waals surface area contributed by atoms with Crippen molar-refractivity contribution < 1.29 is 0 Å². The van der Waals surface area contributed by atoms with E-state index in [0.29, 0.717) is 5.69 Å². The van der Waals surface area contributed by atoms with Crippen LogP contribution in [0.5, 0.6) is 0 Å². The first-order chi connectivity index (χ1) is 13.8. The average molecular weight is 443 g/mol. The van der Waals surface area contributed by atoms with Crippen molar-refractivity contribution in [3.8, 4) is 11.4 Å². The Morgan fingerprint density at radius 2 is 1.21 bits per heavy atom. The highest BCUT2D eigenvalue weighted by Gasteiger charge is 2.14. The summed E-state index contributed by atoms with van der Waals surface area (Å²) in [4.78, 5) is 28.4. The summed E-state index contributed by atoms with van der Waals surface area (Å²) in [5.41, 5.74) is -0.724. The van der Waals surface area contributed by atoms with Crippen LogP contribution in [0.25, 0.3) is 20.8 Å². The molecular weight excluding hydrogens is 429 g/mol. The molecule has 0 bridgehead atoms. The van der Waals surface area contributed by atoms with Gasteiger partial charge in [-0.3, -0.25) is 14.6 Å². The van der Waals surface area contributed by atoms with E-state index in [0.717, 1.165) is 0 Å². The molecule has 0 unspecified atom stereocenters. The van der Waals surface area contributed by atoms with Crippen molar-refractivity contribution in [3.05, 3.63) is 102 Å². The number of aromatic nitrogens is 2. The van der Waals surface area contributed by atoms with E-state index >= 15 is 0 Å². The van der Waals surface area contributed by atoms with Crippen molar-refractivity contribution in [1.82, 2.24) is 9.97 Å². The van der Waals surface area contributed by atoms with Crippen molar-refractivity contribution in [2.75, 3.05) is 0 Å². The van der Waals surface area contributed by atoms with Crippen molar-refractivity contribution >= 4 is 54.7 Å². The van der Waals surface area contributed by atoms with Gasteiger partial charge in [-0.25, -0.2) is 4.98 Å². The summed E-state index contributed by atoms with van der Waals surface area (Å²) in [7, 11) is 0. The smallest absolute Gasteiger partial charge is 0.281 e. The third kappa shape index (κ3) is 5.74. The molecule has 0 radical (unpaired) electrons. The Morgan fingerprint density at radius 3 is 1.64 bits per heavy atom. The largest absolute Gasteiger partial charge is 0.320 e. The zero-order valence-corrected chi connectivity index (χ0v) is 17.7. The van der Waals surface area contributed by atoms with E-state index in [1.165, 1.54) is 21.7 Å². The molecule has 2 aliphatic rings. The molecule has 6 heterocycles. The summed E-state index contributed by atoms with van der Waals surface area (Å²) in [6.45, 7) is 0. The molecule has 0 spiro atoms. The first-order valence-electron chi connectivity index (χ1n) is 8.03. The standard InChI is InChI=1S/C6H2N2O2.C6H4S2.2C4H4S/c9-5-4-3(1-2-7-4)8-6(5)10;1-3-7-6-2-4-8-5(1)6;2*1-2-4-5-3-1/h1-2H;1-4H;2*1-4H. The van der Waals surface area contributed by atoms with Crippen LogP contribution in [-0.2, 0) is 0 Å². The Bertz CT molecular complexity index is 1100. The van der Waals surface area contributed by atoms with Gasteiger partial charge in [0.05, 0.1) is 5.69 Å². The van der Waals surface area contributed by atoms with Gasteiger partial charge >= 0.3 is 5.56 Å². The maximum Gasteiger partial charge on any atom is 0.320 e. The molecule has 6 rings (SSSR count). The highest BCUT2D eigenvalue weighted by Crippen LogP contribution is 2.25. The van der Waals surface area contributed by atoms with Gasteiger partial charge in [0.15, 0.2) is 0 Å². The predicted molar refractivity (Wildman–Crippen MR) is 122 cm³/mol. The van der Waals surface area contributed by atoms with E-state index in [1.807, 2.05) is 45.8 Å². The summed E-state index contributed by atoms with van der Waals surface area (Å²) in [5.74, 6) is 0. The lowest BCUT2D eigenvalue weighted by molar-refractivity contribution is 1.30. The number of rotatable bonds is 0. The van der Waals surface area contributed by atoms with E-state index in [-0.39, 0.29) is 5.69 Å². The van der Waals surface area contributed by atoms with Crippen LogP contribution in [0.3, 0.4) is 0 Å². The number of fused-ring (bicyclic) bond motifs is 2. The minimum absolute atomic E-state index is 0.185. The first kappa shape index (κ1) is 20.2. The third-order valence-corrected chi connectivity index (χ3v) is 6.38. The van der Waals surface area contributed by atoms with Crippen LogP contribution in [-0.4, -0.2) is 9.97 Å². The molecule has 28 heavy (non-hydrogen) atoms. The molecule has 0 atom stereocenters. The van der Waals surface area contributed by atoms with Crippen LogP contribution < -0.4 is 11.0 Å². The summed E-state index contributed by atoms with van der Waals surface area (Å²) < 4.78 is 2.82. The molecule has 0 aromatic carbocycles. The van der Waals surface area contributed by atoms with Crippen LogP contribution in [0.4, 0.5) is 0 Å². The van der Waals surface area contributed by atoms with Crippen LogP contribution in [0.2, 0.25) is 0 Å². The molecule has 0 saturated carbocycles. The second-order valence-electron chi connectivity index (χ2n) is 5.08. The summed E-state index contributed by atoms with van der Waals surface area (Å²) in [6, 6.07) is 13.9. The van der Waals surface area contributed by atoms with Crippen molar-refractivity contribution in [1.29, 1.82) is 0 Å². The highest BCUT2D eigenvalue weighted by atomic mass is 32.1. The zero-order chi connectivity index (χ0) is 19.6. The molecular formula is C20H14N2O2S4. The second kappa shape index (κ2) is 10.7. The molecule has 4 nitrogen and oxygen atoms in total. The monoisotopic (exact) mass is 442 g/mol. The minimum Gasteiger partial charge on any atom is -0.281 e. The Labute approximate surface area is 177 Å².